The predicted octanol–water partition coefficient (Wildman–Crippen LogP) is 33.8. The zero-order valence-corrected chi connectivity index (χ0v) is 73.9. The van der Waals surface area contributed by atoms with Gasteiger partial charge < -0.3 is 32.9 Å². The summed E-state index contributed by atoms with van der Waals surface area (Å²) < 4.78 is 38.3. The second-order valence-corrected chi connectivity index (χ2v) is 45.4. The third kappa shape index (κ3) is 14.2. The normalized spacial score (nSPS) is 11.9. The summed E-state index contributed by atoms with van der Waals surface area (Å²) in [4.78, 5) is 9.06. The number of rotatable bonds is 17. The summed E-state index contributed by atoms with van der Waals surface area (Å²) in [5, 5.41) is 18.2. The van der Waals surface area contributed by atoms with Gasteiger partial charge in [0.25, 0.3) is 0 Å². The SMILES string of the molecule is C[Si](C)(C)c1ccc(N(c2ccccc2)c2ccc3c(c2)oc2c4ccc(N(c5ccccc5)c5ccc6c(c5)oc5ccccc56)cc4c4ccccc4c32)cc1.C[Si](C)(C)c1ccc(N(c2ccccc2)c2ccc3c(c2)oc2c4ccc(N(c5ccccc5-c5ccccc5)c5c(F)cc(-c6ccccc6)cc5-c5ccccc5)cc4c4ccccc4c32)cc1. The van der Waals surface area contributed by atoms with Gasteiger partial charge in [0.1, 0.15) is 39.3 Å². The van der Waals surface area contributed by atoms with Gasteiger partial charge in [-0.05, 0) is 212 Å². The summed E-state index contributed by atoms with van der Waals surface area (Å²) in [6.07, 6.45) is 0. The van der Waals surface area contributed by atoms with Crippen molar-refractivity contribution in [2.75, 3.05) is 19.6 Å². The molecule has 0 saturated heterocycles. The van der Waals surface area contributed by atoms with Gasteiger partial charge in [0, 0.05) is 129 Å². The Morgan fingerprint density at radius 3 is 0.977 bits per heavy atom. The van der Waals surface area contributed by atoms with Crippen LogP contribution in [0.2, 0.25) is 39.3 Å². The van der Waals surface area contributed by atoms with E-state index in [1.807, 2.05) is 72.8 Å². The van der Waals surface area contributed by atoms with E-state index in [9.17, 15) is 0 Å². The molecule has 0 aliphatic rings. The maximum absolute atomic E-state index is 17.8. The predicted molar refractivity (Wildman–Crippen MR) is 546 cm³/mol. The van der Waals surface area contributed by atoms with Crippen LogP contribution in [0, 0.1) is 5.82 Å². The summed E-state index contributed by atoms with van der Waals surface area (Å²) in [6, 6.07) is 151. The molecule has 0 radical (unpaired) electrons. The zero-order chi connectivity index (χ0) is 86.3. The molecule has 0 saturated carbocycles. The Kier molecular flexibility index (Phi) is 19.7. The van der Waals surface area contributed by atoms with Crippen LogP contribution in [-0.4, -0.2) is 16.1 Å². The molecule has 0 N–H and O–H groups in total. The fraction of sp³-hybridized carbons (Fsp3) is 0.0508. The highest BCUT2D eigenvalue weighted by Crippen LogP contribution is 2.53. The summed E-state index contributed by atoms with van der Waals surface area (Å²) in [7, 11) is -2.95. The van der Waals surface area contributed by atoms with Crippen LogP contribution in [0.25, 0.3) is 142 Å². The van der Waals surface area contributed by atoms with Gasteiger partial charge in [-0.25, -0.2) is 4.39 Å². The number of anilines is 12. The minimum absolute atomic E-state index is 0.326. The van der Waals surface area contributed by atoms with Crippen LogP contribution in [0.15, 0.2) is 444 Å². The van der Waals surface area contributed by atoms with Crippen molar-refractivity contribution in [3.8, 4) is 33.4 Å². The van der Waals surface area contributed by atoms with Gasteiger partial charge in [0.05, 0.1) is 27.5 Å². The monoisotopic (exact) mass is 1680 g/mol. The number of furan rings is 3. The van der Waals surface area contributed by atoms with Gasteiger partial charge >= 0.3 is 0 Å². The average molecular weight is 1690 g/mol. The molecule has 3 heterocycles. The lowest BCUT2D eigenvalue weighted by Gasteiger charge is -2.31. The number of nitrogens with zero attached hydrogens (tertiary/aromatic N) is 4. The van der Waals surface area contributed by atoms with Crippen LogP contribution < -0.4 is 30.0 Å². The second kappa shape index (κ2) is 32.2. The number of para-hydroxylation sites is 5. The van der Waals surface area contributed by atoms with E-state index in [-0.39, 0.29) is 5.82 Å². The molecule has 128 heavy (non-hydrogen) atoms. The van der Waals surface area contributed by atoms with E-state index in [0.717, 1.165) is 194 Å². The largest absolute Gasteiger partial charge is 0.456 e. The molecule has 20 aromatic carbocycles. The van der Waals surface area contributed by atoms with Crippen molar-refractivity contribution in [3.05, 3.63) is 437 Å². The lowest BCUT2D eigenvalue weighted by molar-refractivity contribution is 0.630. The quantitative estimate of drug-likeness (QED) is 0.0665. The number of benzene rings is 20. The van der Waals surface area contributed by atoms with Crippen molar-refractivity contribution in [1.29, 1.82) is 0 Å². The van der Waals surface area contributed by atoms with Crippen molar-refractivity contribution in [1.82, 2.24) is 0 Å². The molecule has 0 amide bonds. The minimum Gasteiger partial charge on any atom is -0.456 e. The van der Waals surface area contributed by atoms with Crippen molar-refractivity contribution in [2.24, 2.45) is 0 Å². The highest BCUT2D eigenvalue weighted by atomic mass is 28.3. The standard InChI is InChI=1S/C65H49FN2OSi.C53H40N2O2Si/c1-70(2,3)52-36-32-49(33-37-52)67(48-26-14-7-15-27-48)51-35-39-57-62(43-51)69-65-56-38-34-50(42-59(56)54-29-16-17-30-55(54)63(57)65)68(61-31-19-18-28-53(61)45-22-10-5-11-23-45)64-58(46-24-12-6-13-25-46)40-47(41-60(64)66)44-20-8-4-9-21-44;1-58(2,3)41-27-22-37(23-28-41)54(35-14-6-4-7-15-35)39-26-31-47-51(34-39)57-53-46-30-25-38(32-48(46)42-18-10-11-20-45(42)52(47)53)55(36-16-8-5-9-17-36)40-24-29-44-43-19-12-13-21-49(43)56-50(44)33-40/h4-43H,1-3H3;4-34H,1-3H3. The summed E-state index contributed by atoms with van der Waals surface area (Å²) >= 11 is 0. The van der Waals surface area contributed by atoms with Gasteiger partial charge in [0.15, 0.2) is 0 Å². The van der Waals surface area contributed by atoms with Crippen molar-refractivity contribution >= 4 is 204 Å². The molecule has 3 aromatic heterocycles. The maximum Gasteiger partial charge on any atom is 0.148 e. The summed E-state index contributed by atoms with van der Waals surface area (Å²) in [5.41, 5.74) is 22.3. The molecular weight excluding hydrogens is 1600 g/mol. The Bertz CT molecular complexity index is 8160. The molecule has 0 aliphatic carbocycles. The molecule has 614 valence electrons. The highest BCUT2D eigenvalue weighted by Gasteiger charge is 2.30. The number of halogens is 1. The van der Waals surface area contributed by atoms with E-state index in [0.29, 0.717) is 5.69 Å². The molecule has 0 fully saturated rings. The van der Waals surface area contributed by atoms with Crippen LogP contribution in [0.3, 0.4) is 0 Å². The van der Waals surface area contributed by atoms with Gasteiger partial charge in [-0.2, -0.15) is 0 Å². The van der Waals surface area contributed by atoms with Gasteiger partial charge in [-0.3, -0.25) is 0 Å². The van der Waals surface area contributed by atoms with Gasteiger partial charge in [0.2, 0.25) is 0 Å². The minimum atomic E-state index is -1.50. The topological polar surface area (TPSA) is 52.4 Å². The Balaban J connectivity index is 0.000000153. The van der Waals surface area contributed by atoms with Crippen LogP contribution in [0.5, 0.6) is 0 Å². The van der Waals surface area contributed by atoms with E-state index >= 15 is 4.39 Å². The summed E-state index contributed by atoms with van der Waals surface area (Å²) in [6.45, 7) is 14.3. The van der Waals surface area contributed by atoms with Gasteiger partial charge in [-0.15, -0.1) is 0 Å². The Labute approximate surface area is 744 Å². The van der Waals surface area contributed by atoms with E-state index < -0.39 is 16.1 Å². The molecule has 0 aliphatic heterocycles. The fourth-order valence-electron chi connectivity index (χ4n) is 18.9. The Morgan fingerprint density at radius 1 is 0.203 bits per heavy atom. The molecule has 0 spiro atoms. The number of hydrogen-bond acceptors (Lipinski definition) is 7. The molecule has 0 bridgehead atoms. The van der Waals surface area contributed by atoms with Crippen molar-refractivity contribution < 1.29 is 17.6 Å². The van der Waals surface area contributed by atoms with Gasteiger partial charge in [-0.1, -0.05) is 304 Å². The van der Waals surface area contributed by atoms with E-state index in [1.165, 1.54) is 21.1 Å². The molecule has 0 atom stereocenters. The third-order valence-corrected chi connectivity index (χ3v) is 29.3. The van der Waals surface area contributed by atoms with E-state index in [4.69, 9.17) is 13.3 Å². The fourth-order valence-corrected chi connectivity index (χ4v) is 21.3. The van der Waals surface area contributed by atoms with Crippen LogP contribution in [-0.2, 0) is 0 Å². The summed E-state index contributed by atoms with van der Waals surface area (Å²) in [5.74, 6) is -0.326. The first kappa shape index (κ1) is 78.4. The lowest BCUT2D eigenvalue weighted by atomic mass is 9.93. The van der Waals surface area contributed by atoms with Crippen LogP contribution >= 0.6 is 0 Å². The molecule has 7 nitrogen and oxygen atoms in total. The molecule has 23 aromatic rings. The second-order valence-electron chi connectivity index (χ2n) is 35.2. The smallest absolute Gasteiger partial charge is 0.148 e. The van der Waals surface area contributed by atoms with E-state index in [2.05, 4.69) is 411 Å². The number of hydrogen-bond donors (Lipinski definition) is 0. The first-order valence-electron chi connectivity index (χ1n) is 43.9. The molecular formula is C118H89FN4O3Si2. The Hall–Kier alpha value is -15.6. The van der Waals surface area contributed by atoms with Crippen LogP contribution in [0.1, 0.15) is 0 Å². The van der Waals surface area contributed by atoms with Crippen molar-refractivity contribution in [2.45, 2.75) is 39.3 Å². The molecule has 0 unspecified atom stereocenters. The zero-order valence-electron chi connectivity index (χ0n) is 71.9. The highest BCUT2D eigenvalue weighted by molar-refractivity contribution is 6.89. The first-order chi connectivity index (χ1) is 62.7. The van der Waals surface area contributed by atoms with Crippen LogP contribution in [0.4, 0.5) is 72.6 Å². The maximum atomic E-state index is 17.8. The molecule has 23 rings (SSSR count). The van der Waals surface area contributed by atoms with Crippen molar-refractivity contribution in [3.63, 3.8) is 0 Å². The first-order valence-corrected chi connectivity index (χ1v) is 50.9. The Morgan fingerprint density at radius 2 is 0.523 bits per heavy atom. The lowest BCUT2D eigenvalue weighted by Crippen LogP contribution is -2.37. The molecule has 10 heteroatoms. The third-order valence-electron chi connectivity index (χ3n) is 25.2. The number of fused-ring (bicyclic) bond motifs is 19. The van der Waals surface area contributed by atoms with E-state index in [1.54, 1.807) is 6.07 Å². The average Bonchev–Trinajstić information content (AvgIpc) is 1.54.